The Morgan fingerprint density at radius 2 is 1.67 bits per heavy atom. The molecule has 0 bridgehead atoms. The second-order valence-electron chi connectivity index (χ2n) is 5.61. The monoisotopic (exact) mass is 344 g/mol. The number of hydrogen-bond donors (Lipinski definition) is 2. The summed E-state index contributed by atoms with van der Waals surface area (Å²) < 4.78 is 0. The van der Waals surface area contributed by atoms with Gasteiger partial charge in [0, 0.05) is 17.6 Å². The van der Waals surface area contributed by atoms with Crippen LogP contribution in [0.2, 0.25) is 5.02 Å². The second kappa shape index (κ2) is 8.50. The van der Waals surface area contributed by atoms with Crippen LogP contribution in [-0.2, 0) is 16.0 Å². The average Bonchev–Trinajstić information content (AvgIpc) is 2.55. The van der Waals surface area contributed by atoms with Crippen molar-refractivity contribution in [1.82, 2.24) is 5.32 Å². The third kappa shape index (κ3) is 5.39. The van der Waals surface area contributed by atoms with Gasteiger partial charge in [-0.15, -0.1) is 0 Å². The van der Waals surface area contributed by atoms with Gasteiger partial charge in [-0.25, -0.2) is 0 Å². The maximum atomic E-state index is 12.3. The van der Waals surface area contributed by atoms with E-state index in [0.717, 1.165) is 17.7 Å². The number of aryl methyl sites for hydroxylation is 1. The fourth-order valence-corrected chi connectivity index (χ4v) is 2.54. The van der Waals surface area contributed by atoms with Crippen LogP contribution < -0.4 is 10.6 Å². The maximum Gasteiger partial charge on any atom is 0.226 e. The van der Waals surface area contributed by atoms with Gasteiger partial charge in [-0.05, 0) is 41.8 Å². The average molecular weight is 345 g/mol. The molecule has 1 unspecified atom stereocenters. The van der Waals surface area contributed by atoms with E-state index < -0.39 is 6.04 Å². The third-order valence-corrected chi connectivity index (χ3v) is 3.94. The van der Waals surface area contributed by atoms with Crippen molar-refractivity contribution >= 4 is 29.1 Å². The first kappa shape index (κ1) is 18.0. The molecule has 0 aliphatic heterocycles. The molecule has 1 atom stereocenters. The molecule has 0 aliphatic carbocycles. The molecule has 0 spiro atoms. The Morgan fingerprint density at radius 3 is 2.21 bits per heavy atom. The number of anilines is 1. The fraction of sp³-hybridized carbons (Fsp3) is 0.263. The molecule has 2 aromatic rings. The number of carbonyl (C=O) groups excluding carboxylic acids is 2. The van der Waals surface area contributed by atoms with Crippen molar-refractivity contribution in [2.75, 3.05) is 5.32 Å². The van der Waals surface area contributed by atoms with Gasteiger partial charge in [-0.3, -0.25) is 9.59 Å². The molecule has 2 amide bonds. The van der Waals surface area contributed by atoms with Crippen LogP contribution in [0.15, 0.2) is 48.5 Å². The second-order valence-corrected chi connectivity index (χ2v) is 6.04. The normalized spacial score (nSPS) is 11.6. The van der Waals surface area contributed by atoms with Crippen LogP contribution >= 0.6 is 11.6 Å². The van der Waals surface area contributed by atoms with Gasteiger partial charge in [0.1, 0.15) is 0 Å². The quantitative estimate of drug-likeness (QED) is 0.828. The Balaban J connectivity index is 2.05. The minimum Gasteiger partial charge on any atom is -0.349 e. The molecule has 4 nitrogen and oxygen atoms in total. The molecule has 2 N–H and O–H groups in total. The van der Waals surface area contributed by atoms with Gasteiger partial charge in [0.05, 0.1) is 12.5 Å². The molecule has 0 aliphatic rings. The van der Waals surface area contributed by atoms with Crippen LogP contribution in [0.25, 0.3) is 0 Å². The standard InChI is InChI=1S/C19H21ClN2O2/c1-3-14-4-10-17(11-5-14)22-19(24)12-18(21-13(2)23)15-6-8-16(20)9-7-15/h4-11,18H,3,12H2,1-2H3,(H,21,23)(H,22,24). The number of rotatable bonds is 6. The Hall–Kier alpha value is -2.33. The van der Waals surface area contributed by atoms with E-state index in [1.54, 1.807) is 12.1 Å². The molecule has 2 rings (SSSR count). The van der Waals surface area contributed by atoms with Crippen molar-refractivity contribution in [2.45, 2.75) is 32.7 Å². The highest BCUT2D eigenvalue weighted by molar-refractivity contribution is 6.30. The number of benzene rings is 2. The molecule has 0 radical (unpaired) electrons. The van der Waals surface area contributed by atoms with Crippen LogP contribution in [0.5, 0.6) is 0 Å². The van der Waals surface area contributed by atoms with Gasteiger partial charge in [-0.2, -0.15) is 0 Å². The summed E-state index contributed by atoms with van der Waals surface area (Å²) in [7, 11) is 0. The van der Waals surface area contributed by atoms with E-state index in [2.05, 4.69) is 17.6 Å². The Labute approximate surface area is 147 Å². The number of amides is 2. The van der Waals surface area contributed by atoms with E-state index in [9.17, 15) is 9.59 Å². The van der Waals surface area contributed by atoms with Crippen molar-refractivity contribution in [3.8, 4) is 0 Å². The lowest BCUT2D eigenvalue weighted by molar-refractivity contribution is -0.120. The first-order valence-electron chi connectivity index (χ1n) is 7.89. The van der Waals surface area contributed by atoms with Crippen molar-refractivity contribution in [1.29, 1.82) is 0 Å². The molecular formula is C19H21ClN2O2. The van der Waals surface area contributed by atoms with Gasteiger partial charge in [0.2, 0.25) is 11.8 Å². The summed E-state index contributed by atoms with van der Waals surface area (Å²) >= 11 is 5.89. The highest BCUT2D eigenvalue weighted by atomic mass is 35.5. The summed E-state index contributed by atoms with van der Waals surface area (Å²) in [5, 5.41) is 6.28. The Bertz CT molecular complexity index is 696. The lowest BCUT2D eigenvalue weighted by atomic mass is 10.0. The predicted molar refractivity (Wildman–Crippen MR) is 97.1 cm³/mol. The maximum absolute atomic E-state index is 12.3. The van der Waals surface area contributed by atoms with Gasteiger partial charge < -0.3 is 10.6 Å². The van der Waals surface area contributed by atoms with E-state index in [4.69, 9.17) is 11.6 Å². The van der Waals surface area contributed by atoms with Crippen molar-refractivity contribution in [3.63, 3.8) is 0 Å². The molecule has 0 fully saturated rings. The van der Waals surface area contributed by atoms with Crippen LogP contribution in [0, 0.1) is 0 Å². The van der Waals surface area contributed by atoms with Crippen molar-refractivity contribution < 1.29 is 9.59 Å². The molecule has 0 saturated carbocycles. The van der Waals surface area contributed by atoms with E-state index in [1.165, 1.54) is 12.5 Å². The van der Waals surface area contributed by atoms with Gasteiger partial charge in [-0.1, -0.05) is 42.8 Å². The van der Waals surface area contributed by atoms with E-state index >= 15 is 0 Å². The fourth-order valence-electron chi connectivity index (χ4n) is 2.41. The van der Waals surface area contributed by atoms with Gasteiger partial charge in [0.15, 0.2) is 0 Å². The van der Waals surface area contributed by atoms with Crippen molar-refractivity contribution in [3.05, 3.63) is 64.7 Å². The summed E-state index contributed by atoms with van der Waals surface area (Å²) in [5.74, 6) is -0.344. The summed E-state index contributed by atoms with van der Waals surface area (Å²) in [6, 6.07) is 14.5. The molecule has 0 heterocycles. The third-order valence-electron chi connectivity index (χ3n) is 3.69. The number of carbonyl (C=O) groups is 2. The van der Waals surface area contributed by atoms with Crippen molar-refractivity contribution in [2.24, 2.45) is 0 Å². The molecule has 24 heavy (non-hydrogen) atoms. The zero-order chi connectivity index (χ0) is 17.5. The molecule has 0 saturated heterocycles. The van der Waals surface area contributed by atoms with Gasteiger partial charge in [0.25, 0.3) is 0 Å². The summed E-state index contributed by atoms with van der Waals surface area (Å²) in [6.45, 7) is 3.52. The van der Waals surface area contributed by atoms with Crippen LogP contribution in [-0.4, -0.2) is 11.8 Å². The van der Waals surface area contributed by atoms with E-state index in [-0.39, 0.29) is 18.2 Å². The minimum absolute atomic E-state index is 0.150. The molecular weight excluding hydrogens is 324 g/mol. The number of hydrogen-bond acceptors (Lipinski definition) is 2. The van der Waals surface area contributed by atoms with E-state index in [1.807, 2.05) is 36.4 Å². The Kier molecular flexibility index (Phi) is 6.38. The topological polar surface area (TPSA) is 58.2 Å². The summed E-state index contributed by atoms with van der Waals surface area (Å²) in [6.07, 6.45) is 1.10. The molecule has 0 aromatic heterocycles. The number of nitrogens with one attached hydrogen (secondary N) is 2. The molecule has 126 valence electrons. The smallest absolute Gasteiger partial charge is 0.226 e. The summed E-state index contributed by atoms with van der Waals surface area (Å²) in [5.41, 5.74) is 2.80. The highest BCUT2D eigenvalue weighted by Crippen LogP contribution is 2.20. The number of halogens is 1. The first-order chi connectivity index (χ1) is 11.5. The van der Waals surface area contributed by atoms with Crippen LogP contribution in [0.1, 0.15) is 37.4 Å². The van der Waals surface area contributed by atoms with Crippen LogP contribution in [0.4, 0.5) is 5.69 Å². The lowest BCUT2D eigenvalue weighted by Crippen LogP contribution is -2.29. The lowest BCUT2D eigenvalue weighted by Gasteiger charge is -2.18. The Morgan fingerprint density at radius 1 is 1.04 bits per heavy atom. The molecule has 2 aromatic carbocycles. The zero-order valence-electron chi connectivity index (χ0n) is 13.8. The summed E-state index contributed by atoms with van der Waals surface area (Å²) in [4.78, 5) is 23.7. The van der Waals surface area contributed by atoms with Crippen LogP contribution in [0.3, 0.4) is 0 Å². The van der Waals surface area contributed by atoms with E-state index in [0.29, 0.717) is 5.02 Å². The molecule has 5 heteroatoms. The van der Waals surface area contributed by atoms with Gasteiger partial charge >= 0.3 is 0 Å². The minimum atomic E-state index is -0.394. The predicted octanol–water partition coefficient (Wildman–Crippen LogP) is 4.11. The zero-order valence-corrected chi connectivity index (χ0v) is 14.6. The SMILES string of the molecule is CCc1ccc(NC(=O)CC(NC(C)=O)c2ccc(Cl)cc2)cc1. The largest absolute Gasteiger partial charge is 0.349 e. The highest BCUT2D eigenvalue weighted by Gasteiger charge is 2.17. The first-order valence-corrected chi connectivity index (χ1v) is 8.27.